The summed E-state index contributed by atoms with van der Waals surface area (Å²) in [5.41, 5.74) is 11.5. The molecule has 6 heteroatoms. The lowest BCUT2D eigenvalue weighted by Gasteiger charge is -2.03. The number of benzene rings is 2. The number of aryl methyl sites for hydroxylation is 2. The van der Waals surface area contributed by atoms with Crippen LogP contribution in [-0.2, 0) is 6.42 Å². The molecular formula is C21H19N5O. The first-order valence-corrected chi connectivity index (χ1v) is 8.67. The molecule has 0 unspecified atom stereocenters. The molecule has 0 atom stereocenters. The van der Waals surface area contributed by atoms with Gasteiger partial charge < -0.3 is 5.73 Å². The molecule has 4 aromatic rings. The fraction of sp³-hybridized carbons (Fsp3) is 0.143. The first-order chi connectivity index (χ1) is 13.0. The highest BCUT2D eigenvalue weighted by atomic mass is 16.1. The number of rotatable bonds is 4. The van der Waals surface area contributed by atoms with E-state index in [1.54, 1.807) is 35.1 Å². The molecule has 0 aliphatic carbocycles. The molecule has 0 aliphatic heterocycles. The lowest BCUT2D eigenvalue weighted by Crippen LogP contribution is -2.10. The molecule has 0 radical (unpaired) electrons. The van der Waals surface area contributed by atoms with Crippen molar-refractivity contribution in [1.29, 1.82) is 0 Å². The van der Waals surface area contributed by atoms with Crippen LogP contribution < -0.4 is 5.73 Å². The molecule has 0 aliphatic rings. The molecule has 0 spiro atoms. The Hall–Kier alpha value is -3.54. The van der Waals surface area contributed by atoms with Gasteiger partial charge in [-0.25, -0.2) is 9.50 Å². The minimum atomic E-state index is -0.472. The van der Waals surface area contributed by atoms with Crippen LogP contribution in [0.3, 0.4) is 0 Å². The molecular weight excluding hydrogens is 338 g/mol. The van der Waals surface area contributed by atoms with Crippen molar-refractivity contribution in [3.8, 4) is 11.3 Å². The second-order valence-electron chi connectivity index (χ2n) is 6.69. The highest BCUT2D eigenvalue weighted by molar-refractivity contribution is 5.94. The first-order valence-electron chi connectivity index (χ1n) is 8.67. The van der Waals surface area contributed by atoms with E-state index in [0.717, 1.165) is 11.4 Å². The summed E-state index contributed by atoms with van der Waals surface area (Å²) in [6.07, 6.45) is 4.09. The minimum Gasteiger partial charge on any atom is -0.366 e. The number of carbonyl (C=O) groups is 1. The van der Waals surface area contributed by atoms with Gasteiger partial charge in [0.25, 0.3) is 0 Å². The van der Waals surface area contributed by atoms with Crippen LogP contribution in [0.2, 0.25) is 0 Å². The second kappa shape index (κ2) is 6.64. The summed E-state index contributed by atoms with van der Waals surface area (Å²) in [7, 11) is 0. The van der Waals surface area contributed by atoms with Gasteiger partial charge in [-0.15, -0.1) is 0 Å². The average Bonchev–Trinajstić information content (AvgIpc) is 3.03. The third-order valence-corrected chi connectivity index (χ3v) is 4.36. The SMILES string of the molecule is Cc1cc(C)cc(Cc2nc3c(-c4cccc(C(N)=O)c4)nccn3n2)c1. The number of hydrogen-bond acceptors (Lipinski definition) is 4. The van der Waals surface area contributed by atoms with Crippen molar-refractivity contribution < 1.29 is 4.79 Å². The maximum absolute atomic E-state index is 11.5. The van der Waals surface area contributed by atoms with Gasteiger partial charge in [-0.05, 0) is 31.5 Å². The number of primary amides is 1. The number of carbonyl (C=O) groups excluding carboxylic acids is 1. The smallest absolute Gasteiger partial charge is 0.248 e. The minimum absolute atomic E-state index is 0.436. The highest BCUT2D eigenvalue weighted by Crippen LogP contribution is 2.22. The van der Waals surface area contributed by atoms with Gasteiger partial charge in [-0.2, -0.15) is 5.10 Å². The van der Waals surface area contributed by atoms with E-state index in [0.29, 0.717) is 23.3 Å². The summed E-state index contributed by atoms with van der Waals surface area (Å²) in [5.74, 6) is 0.251. The Morgan fingerprint density at radius 2 is 1.89 bits per heavy atom. The van der Waals surface area contributed by atoms with Crippen molar-refractivity contribution in [2.45, 2.75) is 20.3 Å². The molecule has 4 rings (SSSR count). The summed E-state index contributed by atoms with van der Waals surface area (Å²) in [5, 5.41) is 4.58. The van der Waals surface area contributed by atoms with E-state index in [9.17, 15) is 4.79 Å². The van der Waals surface area contributed by atoms with E-state index in [-0.39, 0.29) is 0 Å². The van der Waals surface area contributed by atoms with Crippen LogP contribution in [0.4, 0.5) is 0 Å². The number of hydrogen-bond donors (Lipinski definition) is 1. The topological polar surface area (TPSA) is 86.2 Å². The Kier molecular flexibility index (Phi) is 4.16. The van der Waals surface area contributed by atoms with Crippen molar-refractivity contribution in [2.75, 3.05) is 0 Å². The molecule has 0 saturated heterocycles. The Morgan fingerprint density at radius 3 is 2.63 bits per heavy atom. The summed E-state index contributed by atoms with van der Waals surface area (Å²) < 4.78 is 1.72. The quantitative estimate of drug-likeness (QED) is 0.608. The molecule has 6 nitrogen and oxygen atoms in total. The molecule has 2 aromatic heterocycles. The summed E-state index contributed by atoms with van der Waals surface area (Å²) >= 11 is 0. The van der Waals surface area contributed by atoms with Crippen molar-refractivity contribution >= 4 is 11.6 Å². The molecule has 27 heavy (non-hydrogen) atoms. The normalized spacial score (nSPS) is 11.0. The highest BCUT2D eigenvalue weighted by Gasteiger charge is 2.13. The number of aromatic nitrogens is 4. The molecule has 2 heterocycles. The van der Waals surface area contributed by atoms with Crippen LogP contribution in [-0.4, -0.2) is 25.5 Å². The van der Waals surface area contributed by atoms with E-state index in [1.165, 1.54) is 16.7 Å². The molecule has 1 amide bonds. The van der Waals surface area contributed by atoms with Crippen molar-refractivity contribution in [3.63, 3.8) is 0 Å². The third-order valence-electron chi connectivity index (χ3n) is 4.36. The Balaban J connectivity index is 1.76. The molecule has 0 fully saturated rings. The molecule has 2 N–H and O–H groups in total. The van der Waals surface area contributed by atoms with Gasteiger partial charge in [0.05, 0.1) is 0 Å². The van der Waals surface area contributed by atoms with Crippen LogP contribution in [0.15, 0.2) is 54.9 Å². The summed E-state index contributed by atoms with van der Waals surface area (Å²) in [6.45, 7) is 4.17. The number of nitrogens with zero attached hydrogens (tertiary/aromatic N) is 4. The van der Waals surface area contributed by atoms with Crippen LogP contribution in [0.5, 0.6) is 0 Å². The maximum Gasteiger partial charge on any atom is 0.248 e. The van der Waals surface area contributed by atoms with Gasteiger partial charge in [0.1, 0.15) is 5.69 Å². The van der Waals surface area contributed by atoms with Crippen molar-refractivity contribution in [2.24, 2.45) is 5.73 Å². The standard InChI is InChI=1S/C21H19N5O/c1-13-8-14(2)10-15(9-13)11-18-24-21-19(23-6-7-26(21)25-18)16-4-3-5-17(12-16)20(22)27/h3-10,12H,11H2,1-2H3,(H2,22,27). The van der Waals surface area contributed by atoms with Gasteiger partial charge in [-0.1, -0.05) is 41.5 Å². The van der Waals surface area contributed by atoms with E-state index in [2.05, 4.69) is 42.1 Å². The van der Waals surface area contributed by atoms with Crippen LogP contribution >= 0.6 is 0 Å². The number of fused-ring (bicyclic) bond motifs is 1. The lowest BCUT2D eigenvalue weighted by atomic mass is 10.1. The zero-order valence-corrected chi connectivity index (χ0v) is 15.2. The Bertz CT molecular complexity index is 1140. The van der Waals surface area contributed by atoms with Crippen molar-refractivity contribution in [3.05, 3.63) is 82.9 Å². The first kappa shape index (κ1) is 16.9. The fourth-order valence-corrected chi connectivity index (χ4v) is 3.31. The maximum atomic E-state index is 11.5. The van der Waals surface area contributed by atoms with Gasteiger partial charge in [0.2, 0.25) is 5.91 Å². The molecule has 0 bridgehead atoms. The predicted molar refractivity (Wildman–Crippen MR) is 103 cm³/mol. The van der Waals surface area contributed by atoms with E-state index in [1.807, 2.05) is 6.07 Å². The van der Waals surface area contributed by atoms with E-state index in [4.69, 9.17) is 10.7 Å². The Morgan fingerprint density at radius 1 is 1.11 bits per heavy atom. The molecule has 0 saturated carbocycles. The van der Waals surface area contributed by atoms with Crippen LogP contribution in [0.25, 0.3) is 16.9 Å². The van der Waals surface area contributed by atoms with Gasteiger partial charge >= 0.3 is 0 Å². The van der Waals surface area contributed by atoms with E-state index >= 15 is 0 Å². The van der Waals surface area contributed by atoms with Crippen LogP contribution in [0.1, 0.15) is 32.9 Å². The van der Waals surface area contributed by atoms with Gasteiger partial charge in [-0.3, -0.25) is 9.78 Å². The van der Waals surface area contributed by atoms with Gasteiger partial charge in [0, 0.05) is 29.9 Å². The zero-order chi connectivity index (χ0) is 19.0. The fourth-order valence-electron chi connectivity index (χ4n) is 3.31. The van der Waals surface area contributed by atoms with E-state index < -0.39 is 5.91 Å². The average molecular weight is 357 g/mol. The third kappa shape index (κ3) is 3.42. The Labute approximate surface area is 156 Å². The number of nitrogens with two attached hydrogens (primary N) is 1. The van der Waals surface area contributed by atoms with Crippen molar-refractivity contribution in [1.82, 2.24) is 19.6 Å². The lowest BCUT2D eigenvalue weighted by molar-refractivity contribution is 0.100. The molecule has 134 valence electrons. The largest absolute Gasteiger partial charge is 0.366 e. The van der Waals surface area contributed by atoms with Gasteiger partial charge in [0.15, 0.2) is 11.5 Å². The summed E-state index contributed by atoms with van der Waals surface area (Å²) in [4.78, 5) is 20.6. The zero-order valence-electron chi connectivity index (χ0n) is 15.2. The second-order valence-corrected chi connectivity index (χ2v) is 6.69. The monoisotopic (exact) mass is 357 g/mol. The predicted octanol–water partition coefficient (Wildman–Crippen LogP) is 3.10. The molecule has 2 aromatic carbocycles. The number of amides is 1. The summed E-state index contributed by atoms with van der Waals surface area (Å²) in [6, 6.07) is 13.5. The van der Waals surface area contributed by atoms with Crippen LogP contribution in [0, 0.1) is 13.8 Å².